The molecule has 5 rings (SSSR count). The third kappa shape index (κ3) is 7.02. The number of amides is 1. The summed E-state index contributed by atoms with van der Waals surface area (Å²) in [4.78, 5) is 24.0. The van der Waals surface area contributed by atoms with Crippen molar-refractivity contribution in [2.75, 3.05) is 26.0 Å². The van der Waals surface area contributed by atoms with Crippen LogP contribution in [0.15, 0.2) is 73.1 Å². The summed E-state index contributed by atoms with van der Waals surface area (Å²) in [6.07, 6.45) is 3.20. The van der Waals surface area contributed by atoms with Crippen LogP contribution < -0.4 is 10.6 Å². The van der Waals surface area contributed by atoms with E-state index in [1.165, 1.54) is 24.4 Å². The smallest absolute Gasteiger partial charge is 0.255 e. The van der Waals surface area contributed by atoms with Crippen LogP contribution >= 0.6 is 0 Å². The van der Waals surface area contributed by atoms with Gasteiger partial charge in [0.1, 0.15) is 23.4 Å². The summed E-state index contributed by atoms with van der Waals surface area (Å²) in [5.41, 5.74) is 5.50. The highest BCUT2D eigenvalue weighted by atomic mass is 19.1. The topological polar surface area (TPSA) is 123 Å². The number of hydrogen-bond donors (Lipinski definition) is 3. The number of benzene rings is 2. The molecule has 43 heavy (non-hydrogen) atoms. The van der Waals surface area contributed by atoms with Gasteiger partial charge < -0.3 is 10.6 Å². The lowest BCUT2D eigenvalue weighted by molar-refractivity contribution is 0.0940. The van der Waals surface area contributed by atoms with E-state index < -0.39 is 5.91 Å². The number of nitriles is 1. The summed E-state index contributed by atoms with van der Waals surface area (Å²) in [5, 5.41) is 23.6. The lowest BCUT2D eigenvalue weighted by Crippen LogP contribution is -2.28. The van der Waals surface area contributed by atoms with E-state index in [0.717, 1.165) is 33.3 Å². The molecule has 0 saturated carbocycles. The second kappa shape index (κ2) is 12.9. The Kier molecular flexibility index (Phi) is 8.71. The zero-order valence-electron chi connectivity index (χ0n) is 23.9. The van der Waals surface area contributed by atoms with Crippen LogP contribution in [-0.2, 0) is 6.54 Å². The summed E-state index contributed by atoms with van der Waals surface area (Å²) in [7, 11) is 3.93. The van der Waals surface area contributed by atoms with Crippen molar-refractivity contribution in [1.82, 2.24) is 30.4 Å². The van der Waals surface area contributed by atoms with Crippen molar-refractivity contribution in [3.63, 3.8) is 0 Å². The van der Waals surface area contributed by atoms with Gasteiger partial charge in [0.15, 0.2) is 5.65 Å². The largest absolute Gasteiger partial charge is 0.365 e. The summed E-state index contributed by atoms with van der Waals surface area (Å²) >= 11 is 0. The van der Waals surface area contributed by atoms with E-state index in [9.17, 15) is 14.4 Å². The fourth-order valence-electron chi connectivity index (χ4n) is 4.39. The van der Waals surface area contributed by atoms with Crippen molar-refractivity contribution in [3.8, 4) is 29.0 Å². The van der Waals surface area contributed by atoms with Gasteiger partial charge in [0.05, 0.1) is 29.1 Å². The number of anilines is 1. The Labute approximate surface area is 248 Å². The number of hydrogen-bond acceptors (Lipinski definition) is 7. The second-order valence-electron chi connectivity index (χ2n) is 10.3. The molecule has 0 aliphatic heterocycles. The maximum Gasteiger partial charge on any atom is 0.255 e. The van der Waals surface area contributed by atoms with Crippen LogP contribution in [0.4, 0.5) is 10.2 Å². The molecule has 3 aromatic heterocycles. The van der Waals surface area contributed by atoms with E-state index >= 15 is 0 Å². The number of carbonyl (C=O) groups excluding carboxylic acids is 1. The van der Waals surface area contributed by atoms with E-state index in [4.69, 9.17) is 0 Å². The summed E-state index contributed by atoms with van der Waals surface area (Å²) in [6.45, 7) is 2.85. The van der Waals surface area contributed by atoms with Crippen LogP contribution in [0.1, 0.15) is 45.7 Å². The molecule has 2 aromatic carbocycles. The summed E-state index contributed by atoms with van der Waals surface area (Å²) in [5.74, 6) is 5.86. The molecule has 10 heteroatoms. The van der Waals surface area contributed by atoms with Gasteiger partial charge in [-0.15, -0.1) is 0 Å². The molecule has 0 aliphatic carbocycles. The highest BCUT2D eigenvalue weighted by Gasteiger charge is 2.17. The maximum absolute atomic E-state index is 13.3. The zero-order valence-corrected chi connectivity index (χ0v) is 23.9. The Morgan fingerprint density at radius 1 is 1.05 bits per heavy atom. The Balaban J connectivity index is 1.29. The molecule has 1 amide bonds. The first kappa shape index (κ1) is 28.9. The van der Waals surface area contributed by atoms with E-state index in [-0.39, 0.29) is 23.0 Å². The van der Waals surface area contributed by atoms with Crippen LogP contribution in [0.2, 0.25) is 0 Å². The molecule has 0 bridgehead atoms. The number of rotatable bonds is 8. The molecule has 0 unspecified atom stereocenters. The molecule has 0 radical (unpaired) electrons. The van der Waals surface area contributed by atoms with Crippen molar-refractivity contribution >= 4 is 22.8 Å². The van der Waals surface area contributed by atoms with Gasteiger partial charge in [-0.05, 0) is 67.9 Å². The molecular formula is C33H29FN8O. The minimum absolute atomic E-state index is 0.244. The van der Waals surface area contributed by atoms with Crippen LogP contribution in [0.25, 0.3) is 22.2 Å². The molecule has 0 fully saturated rings. The molecule has 3 N–H and O–H groups in total. The van der Waals surface area contributed by atoms with Gasteiger partial charge in [-0.25, -0.2) is 14.4 Å². The molecule has 9 nitrogen and oxygen atoms in total. The van der Waals surface area contributed by atoms with Crippen molar-refractivity contribution < 1.29 is 9.18 Å². The van der Waals surface area contributed by atoms with Crippen LogP contribution in [0, 0.1) is 29.0 Å². The molecule has 214 valence electrons. The number of pyridine rings is 2. The predicted octanol–water partition coefficient (Wildman–Crippen LogP) is 5.05. The first-order valence-corrected chi connectivity index (χ1v) is 13.6. The Bertz CT molecular complexity index is 1860. The van der Waals surface area contributed by atoms with E-state index in [1.807, 2.05) is 55.4 Å². The fourth-order valence-corrected chi connectivity index (χ4v) is 4.39. The fraction of sp³-hybridized carbons (Fsp3) is 0.182. The summed E-state index contributed by atoms with van der Waals surface area (Å²) < 4.78 is 13.3. The first-order chi connectivity index (χ1) is 20.8. The van der Waals surface area contributed by atoms with Crippen molar-refractivity contribution in [3.05, 3.63) is 107 Å². The Hall–Kier alpha value is -5.58. The molecule has 3 heterocycles. The van der Waals surface area contributed by atoms with Gasteiger partial charge in [-0.3, -0.25) is 14.8 Å². The van der Waals surface area contributed by atoms with Gasteiger partial charge in [0.2, 0.25) is 0 Å². The number of H-pyrrole nitrogens is 1. The van der Waals surface area contributed by atoms with Crippen LogP contribution in [0.5, 0.6) is 0 Å². The third-order valence-electron chi connectivity index (χ3n) is 6.74. The average molecular weight is 573 g/mol. The third-order valence-corrected chi connectivity index (χ3v) is 6.74. The molecule has 1 atom stereocenters. The number of aromatic amines is 1. The van der Waals surface area contributed by atoms with E-state index in [2.05, 4.69) is 42.6 Å². The zero-order chi connectivity index (χ0) is 30.3. The quantitative estimate of drug-likeness (QED) is 0.223. The minimum atomic E-state index is -0.396. The van der Waals surface area contributed by atoms with Crippen molar-refractivity contribution in [1.29, 1.82) is 5.26 Å². The second-order valence-corrected chi connectivity index (χ2v) is 10.3. The number of carbonyl (C=O) groups is 1. The lowest BCUT2D eigenvalue weighted by atomic mass is 10.0. The standard InChI is InChI=1S/C33H29FN8O/c1-21(24-10-12-27(34)13-11-24)39-33(43)29-15-23(17-35)19-37-31(29)36-18-22-6-8-25(9-7-22)26-16-28-30(5-4-14-42(2)3)40-41-32(28)38-20-26/h6-13,15-16,19-21H,14,18H2,1-3H3,(H,36,37)(H,39,43)(H,38,40,41)/t21-/m0/s1. The van der Waals surface area contributed by atoms with Gasteiger partial charge in [-0.1, -0.05) is 42.3 Å². The monoisotopic (exact) mass is 572 g/mol. The van der Waals surface area contributed by atoms with Crippen molar-refractivity contribution in [2.45, 2.75) is 19.5 Å². The van der Waals surface area contributed by atoms with Gasteiger partial charge in [-0.2, -0.15) is 10.4 Å². The number of nitrogens with one attached hydrogen (secondary N) is 3. The van der Waals surface area contributed by atoms with Gasteiger partial charge in [0.25, 0.3) is 5.91 Å². The molecule has 0 spiro atoms. The average Bonchev–Trinajstić information content (AvgIpc) is 3.42. The molecular weight excluding hydrogens is 543 g/mol. The van der Waals surface area contributed by atoms with E-state index in [0.29, 0.717) is 24.6 Å². The SMILES string of the molecule is C[C@H](NC(=O)c1cc(C#N)cnc1NCc1ccc(-c2cnc3n[nH]c(C#CCN(C)C)c3c2)cc1)c1ccc(F)cc1. The maximum atomic E-state index is 13.3. The minimum Gasteiger partial charge on any atom is -0.365 e. The van der Waals surface area contributed by atoms with E-state index in [1.54, 1.807) is 25.3 Å². The lowest BCUT2D eigenvalue weighted by Gasteiger charge is -2.16. The molecule has 0 aliphatic rings. The molecule has 5 aromatic rings. The van der Waals surface area contributed by atoms with Crippen molar-refractivity contribution in [2.24, 2.45) is 0 Å². The number of halogens is 1. The summed E-state index contributed by atoms with van der Waals surface area (Å²) in [6, 6.07) is 19.1. The number of nitrogens with zero attached hydrogens (tertiary/aromatic N) is 5. The normalized spacial score (nSPS) is 11.4. The van der Waals surface area contributed by atoms with Crippen LogP contribution in [0.3, 0.4) is 0 Å². The van der Waals surface area contributed by atoms with Gasteiger partial charge >= 0.3 is 0 Å². The first-order valence-electron chi connectivity index (χ1n) is 13.6. The Morgan fingerprint density at radius 3 is 2.53 bits per heavy atom. The Morgan fingerprint density at radius 2 is 1.81 bits per heavy atom. The highest BCUT2D eigenvalue weighted by molar-refractivity contribution is 5.99. The number of fused-ring (bicyclic) bond motifs is 1. The number of aromatic nitrogens is 4. The van der Waals surface area contributed by atoms with Gasteiger partial charge in [0, 0.05) is 24.5 Å². The van der Waals surface area contributed by atoms with Crippen LogP contribution in [-0.4, -0.2) is 51.6 Å². The predicted molar refractivity (Wildman–Crippen MR) is 163 cm³/mol. The molecule has 0 saturated heterocycles. The highest BCUT2D eigenvalue weighted by Crippen LogP contribution is 2.25.